The highest BCUT2D eigenvalue weighted by Crippen LogP contribution is 2.28. The van der Waals surface area contributed by atoms with Crippen LogP contribution in [0.4, 0.5) is 5.69 Å². The Kier molecular flexibility index (Phi) is 4.55. The smallest absolute Gasteiger partial charge is 0.255 e. The third-order valence-corrected chi connectivity index (χ3v) is 3.49. The largest absolute Gasteiger partial charge is 0.495 e. The van der Waals surface area contributed by atoms with E-state index in [2.05, 4.69) is 42.2 Å². The Morgan fingerprint density at radius 1 is 1.26 bits per heavy atom. The van der Waals surface area contributed by atoms with Gasteiger partial charge in [-0.3, -0.25) is 4.79 Å². The van der Waals surface area contributed by atoms with Gasteiger partial charge in [-0.05, 0) is 56.1 Å². The van der Waals surface area contributed by atoms with E-state index in [-0.39, 0.29) is 5.91 Å². The molecule has 0 aliphatic heterocycles. The van der Waals surface area contributed by atoms with Crippen molar-refractivity contribution in [2.45, 2.75) is 0 Å². The molecule has 0 unspecified atom stereocenters. The van der Waals surface area contributed by atoms with Crippen LogP contribution < -0.4 is 10.1 Å². The van der Waals surface area contributed by atoms with Crippen molar-refractivity contribution >= 4 is 43.5 Å². The Morgan fingerprint density at radius 2 is 2.05 bits per heavy atom. The van der Waals surface area contributed by atoms with Crippen LogP contribution >= 0.6 is 31.9 Å². The number of anilines is 1. The van der Waals surface area contributed by atoms with E-state index < -0.39 is 0 Å². The first-order valence-corrected chi connectivity index (χ1v) is 6.95. The number of amides is 1. The summed E-state index contributed by atoms with van der Waals surface area (Å²) in [5, 5.41) is 2.80. The molecule has 0 saturated carbocycles. The van der Waals surface area contributed by atoms with Crippen molar-refractivity contribution in [2.75, 3.05) is 12.4 Å². The first-order chi connectivity index (χ1) is 9.10. The van der Waals surface area contributed by atoms with E-state index in [9.17, 15) is 4.79 Å². The van der Waals surface area contributed by atoms with Crippen LogP contribution in [-0.4, -0.2) is 18.0 Å². The minimum Gasteiger partial charge on any atom is -0.495 e. The average Bonchev–Trinajstić information content (AvgIpc) is 2.41. The number of carbonyl (C=O) groups excluding carboxylic acids is 1. The second-order valence-corrected chi connectivity index (χ2v) is 5.34. The molecular formula is C13H10Br2N2O2. The number of hydrogen-bond donors (Lipinski definition) is 1. The summed E-state index contributed by atoms with van der Waals surface area (Å²) in [6.07, 6.45) is 1.57. The topological polar surface area (TPSA) is 51.2 Å². The van der Waals surface area contributed by atoms with Crippen LogP contribution in [0.25, 0.3) is 0 Å². The molecule has 6 heteroatoms. The molecule has 1 N–H and O–H groups in total. The second kappa shape index (κ2) is 6.16. The number of pyridine rings is 1. The summed E-state index contributed by atoms with van der Waals surface area (Å²) in [6, 6.07) is 8.66. The molecule has 0 aliphatic carbocycles. The maximum Gasteiger partial charge on any atom is 0.255 e. The predicted molar refractivity (Wildman–Crippen MR) is 80.6 cm³/mol. The van der Waals surface area contributed by atoms with Gasteiger partial charge in [-0.25, -0.2) is 4.98 Å². The molecule has 2 aromatic rings. The highest BCUT2D eigenvalue weighted by Gasteiger charge is 2.08. The summed E-state index contributed by atoms with van der Waals surface area (Å²) in [5.74, 6) is 0.459. The number of benzene rings is 1. The Hall–Kier alpha value is -1.40. The highest BCUT2D eigenvalue weighted by atomic mass is 79.9. The van der Waals surface area contributed by atoms with Gasteiger partial charge >= 0.3 is 0 Å². The van der Waals surface area contributed by atoms with Gasteiger partial charge in [0.15, 0.2) is 0 Å². The van der Waals surface area contributed by atoms with Crippen LogP contribution in [0.1, 0.15) is 10.4 Å². The molecular weight excluding hydrogens is 376 g/mol. The van der Waals surface area contributed by atoms with E-state index in [0.29, 0.717) is 21.6 Å². The van der Waals surface area contributed by atoms with Crippen LogP contribution in [0.2, 0.25) is 0 Å². The van der Waals surface area contributed by atoms with E-state index >= 15 is 0 Å². The van der Waals surface area contributed by atoms with Gasteiger partial charge in [0.1, 0.15) is 10.4 Å². The molecule has 1 heterocycles. The number of ether oxygens (including phenoxy) is 1. The molecule has 0 spiro atoms. The van der Waals surface area contributed by atoms with Crippen LogP contribution in [-0.2, 0) is 0 Å². The second-order valence-electron chi connectivity index (χ2n) is 3.67. The van der Waals surface area contributed by atoms with Crippen LogP contribution in [0.5, 0.6) is 5.75 Å². The highest BCUT2D eigenvalue weighted by molar-refractivity contribution is 9.10. The van der Waals surface area contributed by atoms with Gasteiger partial charge in [0, 0.05) is 23.5 Å². The Bertz CT molecular complexity index is 617. The standard InChI is InChI=1S/C13H10Br2N2O2/c1-19-11-7-9(2-3-10(11)14)17-13(18)8-4-5-16-12(15)6-8/h2-7H,1H3,(H,17,18). The third-order valence-electron chi connectivity index (χ3n) is 2.40. The van der Waals surface area contributed by atoms with Crippen LogP contribution in [0, 0.1) is 0 Å². The summed E-state index contributed by atoms with van der Waals surface area (Å²) in [7, 11) is 1.58. The lowest BCUT2D eigenvalue weighted by Gasteiger charge is -2.08. The molecule has 1 aromatic carbocycles. The van der Waals surface area contributed by atoms with Gasteiger partial charge < -0.3 is 10.1 Å². The molecule has 0 bridgehead atoms. The molecule has 0 fully saturated rings. The molecule has 4 nitrogen and oxygen atoms in total. The number of carbonyl (C=O) groups is 1. The Labute approximate surface area is 127 Å². The van der Waals surface area contributed by atoms with E-state index in [1.165, 1.54) is 0 Å². The van der Waals surface area contributed by atoms with E-state index in [1.807, 2.05) is 6.07 Å². The summed E-state index contributed by atoms with van der Waals surface area (Å²) in [4.78, 5) is 16.0. The monoisotopic (exact) mass is 384 g/mol. The van der Waals surface area contributed by atoms with E-state index in [4.69, 9.17) is 4.74 Å². The quantitative estimate of drug-likeness (QED) is 0.816. The molecule has 1 amide bonds. The van der Waals surface area contributed by atoms with E-state index in [0.717, 1.165) is 4.47 Å². The fraction of sp³-hybridized carbons (Fsp3) is 0.0769. The zero-order valence-electron chi connectivity index (χ0n) is 9.98. The first-order valence-electron chi connectivity index (χ1n) is 5.36. The number of halogens is 2. The number of methoxy groups -OCH3 is 1. The van der Waals surface area contributed by atoms with Crippen molar-refractivity contribution in [3.05, 3.63) is 51.2 Å². The Balaban J connectivity index is 2.19. The summed E-state index contributed by atoms with van der Waals surface area (Å²) in [6.45, 7) is 0. The van der Waals surface area contributed by atoms with Crippen molar-refractivity contribution in [3.63, 3.8) is 0 Å². The van der Waals surface area contributed by atoms with Crippen LogP contribution in [0.3, 0.4) is 0 Å². The number of hydrogen-bond acceptors (Lipinski definition) is 3. The van der Waals surface area contributed by atoms with Gasteiger partial charge in [-0.1, -0.05) is 0 Å². The molecule has 98 valence electrons. The molecule has 0 saturated heterocycles. The summed E-state index contributed by atoms with van der Waals surface area (Å²) < 4.78 is 6.63. The Morgan fingerprint density at radius 3 is 2.74 bits per heavy atom. The zero-order chi connectivity index (χ0) is 13.8. The molecule has 0 atom stereocenters. The molecule has 19 heavy (non-hydrogen) atoms. The average molecular weight is 386 g/mol. The maximum absolute atomic E-state index is 12.0. The SMILES string of the molecule is COc1cc(NC(=O)c2ccnc(Br)c2)ccc1Br. The number of nitrogens with zero attached hydrogens (tertiary/aromatic N) is 1. The molecule has 2 rings (SSSR count). The van der Waals surface area contributed by atoms with Crippen molar-refractivity contribution < 1.29 is 9.53 Å². The van der Waals surface area contributed by atoms with Gasteiger partial charge in [0.05, 0.1) is 11.6 Å². The fourth-order valence-electron chi connectivity index (χ4n) is 1.48. The predicted octanol–water partition coefficient (Wildman–Crippen LogP) is 3.87. The maximum atomic E-state index is 12.0. The van der Waals surface area contributed by atoms with Crippen molar-refractivity contribution in [2.24, 2.45) is 0 Å². The zero-order valence-corrected chi connectivity index (χ0v) is 13.2. The molecule has 1 aromatic heterocycles. The van der Waals surface area contributed by atoms with Gasteiger partial charge in [0.2, 0.25) is 0 Å². The lowest BCUT2D eigenvalue weighted by molar-refractivity contribution is 0.102. The van der Waals surface area contributed by atoms with Crippen molar-refractivity contribution in [3.8, 4) is 5.75 Å². The lowest BCUT2D eigenvalue weighted by atomic mass is 10.2. The lowest BCUT2D eigenvalue weighted by Crippen LogP contribution is -2.12. The minimum atomic E-state index is -0.201. The third kappa shape index (κ3) is 3.54. The number of nitrogens with one attached hydrogen (secondary N) is 1. The number of aromatic nitrogens is 1. The van der Waals surface area contributed by atoms with Gasteiger partial charge in [0.25, 0.3) is 5.91 Å². The molecule has 0 aliphatic rings. The van der Waals surface area contributed by atoms with Crippen LogP contribution in [0.15, 0.2) is 45.6 Å². The molecule has 0 radical (unpaired) electrons. The van der Waals surface area contributed by atoms with E-state index in [1.54, 1.807) is 37.6 Å². The normalized spacial score (nSPS) is 10.1. The van der Waals surface area contributed by atoms with Crippen molar-refractivity contribution in [1.29, 1.82) is 0 Å². The fourth-order valence-corrected chi connectivity index (χ4v) is 2.26. The number of rotatable bonds is 3. The van der Waals surface area contributed by atoms with Gasteiger partial charge in [-0.15, -0.1) is 0 Å². The summed E-state index contributed by atoms with van der Waals surface area (Å²) >= 11 is 6.59. The van der Waals surface area contributed by atoms with Gasteiger partial charge in [-0.2, -0.15) is 0 Å². The minimum absolute atomic E-state index is 0.201. The first kappa shape index (κ1) is 14.0. The van der Waals surface area contributed by atoms with Crippen molar-refractivity contribution in [1.82, 2.24) is 4.98 Å². The summed E-state index contributed by atoms with van der Waals surface area (Å²) in [5.41, 5.74) is 1.20.